The molecule has 11 heavy (non-hydrogen) atoms. The zero-order valence-electron chi connectivity index (χ0n) is 5.56. The molecule has 0 heterocycles. The quantitative estimate of drug-likeness (QED) is 0.634. The van der Waals surface area contributed by atoms with Gasteiger partial charge in [0.25, 0.3) is 0 Å². The molecule has 0 bridgehead atoms. The Labute approximate surface area is 65.3 Å². The van der Waals surface area contributed by atoms with E-state index in [1.807, 2.05) is 0 Å². The monoisotopic (exact) mass is 168 g/mol. The summed E-state index contributed by atoms with van der Waals surface area (Å²) >= 11 is 0. The molecular weight excluding hydrogens is 163 g/mol. The van der Waals surface area contributed by atoms with E-state index in [0.717, 1.165) is 0 Å². The summed E-state index contributed by atoms with van der Waals surface area (Å²) in [6.07, 6.45) is 0. The Hall–Kier alpha value is -1.21. The maximum absolute atomic E-state index is 10.8. The van der Waals surface area contributed by atoms with Crippen LogP contribution in [0, 0.1) is 0 Å². The number of carbonyl (C=O) groups is 1. The molecule has 1 aromatic rings. The molecule has 0 unspecified atom stereocenters. The van der Waals surface area contributed by atoms with Crippen LogP contribution in [0.5, 0.6) is 0 Å². The van der Waals surface area contributed by atoms with E-state index in [2.05, 4.69) is 4.52 Å². The van der Waals surface area contributed by atoms with Crippen molar-refractivity contribution >= 4 is 14.7 Å². The number of carbonyl (C=O) groups excluding carboxylic acids is 1. The van der Waals surface area contributed by atoms with Crippen LogP contribution in [0.4, 0.5) is 0 Å². The lowest BCUT2D eigenvalue weighted by molar-refractivity contribution is 0.0756. The zero-order chi connectivity index (χ0) is 8.10. The normalized spacial score (nSPS) is 9.45. The number of hydrogen-bond acceptors (Lipinski definition) is 3. The van der Waals surface area contributed by atoms with Crippen molar-refractivity contribution in [3.8, 4) is 0 Å². The molecule has 0 N–H and O–H groups in total. The van der Waals surface area contributed by atoms with E-state index >= 15 is 0 Å². The van der Waals surface area contributed by atoms with Gasteiger partial charge in [0.1, 0.15) is 0 Å². The fourth-order valence-corrected chi connectivity index (χ4v) is 0.834. The van der Waals surface area contributed by atoms with Gasteiger partial charge in [0.05, 0.1) is 5.56 Å². The van der Waals surface area contributed by atoms with Crippen LogP contribution in [0.2, 0.25) is 0 Å². The highest BCUT2D eigenvalue weighted by Crippen LogP contribution is 2.05. The van der Waals surface area contributed by atoms with Crippen molar-refractivity contribution in [2.75, 3.05) is 0 Å². The minimum atomic E-state index is -0.615. The highest BCUT2D eigenvalue weighted by molar-refractivity contribution is 7.18. The summed E-state index contributed by atoms with van der Waals surface area (Å²) in [5.41, 5.74) is 0.399. The van der Waals surface area contributed by atoms with Crippen LogP contribution >= 0.6 is 8.69 Å². The Balaban J connectivity index is 2.77. The van der Waals surface area contributed by atoms with Crippen LogP contribution < -0.4 is 0 Å². The lowest BCUT2D eigenvalue weighted by atomic mass is 10.2. The summed E-state index contributed by atoms with van der Waals surface area (Å²) in [7, 11) is -0.615. The molecule has 4 heteroatoms. The zero-order valence-corrected chi connectivity index (χ0v) is 6.45. The van der Waals surface area contributed by atoms with Gasteiger partial charge >= 0.3 is 14.7 Å². The first-order valence-corrected chi connectivity index (χ1v) is 3.66. The third kappa shape index (κ3) is 2.13. The molecule has 0 aliphatic heterocycles. The van der Waals surface area contributed by atoms with Gasteiger partial charge in [-0.05, 0) is 12.1 Å². The van der Waals surface area contributed by atoms with E-state index in [1.54, 1.807) is 30.3 Å². The Kier molecular flexibility index (Phi) is 2.75. The first kappa shape index (κ1) is 7.89. The average molecular weight is 168 g/mol. The lowest BCUT2D eigenvalue weighted by Gasteiger charge is -1.93. The van der Waals surface area contributed by atoms with Crippen molar-refractivity contribution in [1.29, 1.82) is 0 Å². The Bertz CT molecular complexity index is 258. The van der Waals surface area contributed by atoms with E-state index in [0.29, 0.717) is 5.56 Å². The highest BCUT2D eigenvalue weighted by Gasteiger charge is 2.04. The molecule has 0 atom stereocenters. The fourth-order valence-electron chi connectivity index (χ4n) is 0.661. The molecule has 0 saturated carbocycles. The summed E-state index contributed by atoms with van der Waals surface area (Å²) in [4.78, 5) is 10.8. The van der Waals surface area contributed by atoms with Crippen molar-refractivity contribution in [2.24, 2.45) is 0 Å². The Morgan fingerprint density at radius 3 is 2.45 bits per heavy atom. The molecule has 0 spiro atoms. The molecule has 1 rings (SSSR count). The van der Waals surface area contributed by atoms with Crippen molar-refractivity contribution in [3.63, 3.8) is 0 Å². The predicted molar refractivity (Wildman–Crippen MR) is 39.5 cm³/mol. The maximum Gasteiger partial charge on any atom is 0.398 e. The number of rotatable bonds is 2. The molecule has 0 saturated heterocycles. The van der Waals surface area contributed by atoms with Crippen molar-refractivity contribution in [1.82, 2.24) is 0 Å². The molecule has 0 amide bonds. The highest BCUT2D eigenvalue weighted by atomic mass is 31.1. The number of benzene rings is 1. The first-order valence-electron chi connectivity index (χ1n) is 2.93. The standard InChI is InChI=1S/C7H5O3P/c8-7(10-11-9)6-4-2-1-3-5-6/h1-5H. The van der Waals surface area contributed by atoms with Gasteiger partial charge in [-0.1, -0.05) is 18.2 Å². The van der Waals surface area contributed by atoms with E-state index in [-0.39, 0.29) is 0 Å². The number of hydrogen-bond donors (Lipinski definition) is 0. The molecular formula is C7H5O3P. The van der Waals surface area contributed by atoms with Gasteiger partial charge in [-0.25, -0.2) is 9.36 Å². The third-order valence-electron chi connectivity index (χ3n) is 1.13. The molecule has 0 aliphatic rings. The summed E-state index contributed by atoms with van der Waals surface area (Å²) in [6.45, 7) is 0. The van der Waals surface area contributed by atoms with Gasteiger partial charge in [-0.15, -0.1) is 0 Å². The van der Waals surface area contributed by atoms with E-state index in [4.69, 9.17) is 0 Å². The average Bonchev–Trinajstić information content (AvgIpc) is 2.07. The second-order valence-electron chi connectivity index (χ2n) is 1.82. The fraction of sp³-hybridized carbons (Fsp3) is 0. The second kappa shape index (κ2) is 3.84. The van der Waals surface area contributed by atoms with Crippen LogP contribution in [0.1, 0.15) is 10.4 Å². The molecule has 0 aromatic heterocycles. The van der Waals surface area contributed by atoms with Crippen LogP contribution in [0.25, 0.3) is 0 Å². The summed E-state index contributed by atoms with van der Waals surface area (Å²) < 4.78 is 14.0. The summed E-state index contributed by atoms with van der Waals surface area (Å²) in [5, 5.41) is 0. The minimum absolute atomic E-state index is 0.399. The van der Waals surface area contributed by atoms with Crippen LogP contribution in [0.3, 0.4) is 0 Å². The summed E-state index contributed by atoms with van der Waals surface area (Å²) in [5.74, 6) is -0.581. The molecule has 0 fully saturated rings. The SMILES string of the molecule is O=POC(=O)c1ccccc1. The van der Waals surface area contributed by atoms with Crippen LogP contribution in [-0.2, 0) is 9.09 Å². The summed E-state index contributed by atoms with van der Waals surface area (Å²) in [6, 6.07) is 8.38. The lowest BCUT2D eigenvalue weighted by Crippen LogP contribution is -1.96. The second-order valence-corrected chi connectivity index (χ2v) is 2.15. The van der Waals surface area contributed by atoms with Crippen LogP contribution in [-0.4, -0.2) is 5.97 Å². The van der Waals surface area contributed by atoms with Gasteiger partial charge in [0.15, 0.2) is 0 Å². The van der Waals surface area contributed by atoms with Gasteiger partial charge < -0.3 is 4.52 Å². The molecule has 0 radical (unpaired) electrons. The van der Waals surface area contributed by atoms with Crippen molar-refractivity contribution in [3.05, 3.63) is 35.9 Å². The Morgan fingerprint density at radius 1 is 1.27 bits per heavy atom. The smallest absolute Gasteiger partial charge is 0.369 e. The molecule has 3 nitrogen and oxygen atoms in total. The molecule has 0 aliphatic carbocycles. The molecule has 56 valence electrons. The molecule has 1 aromatic carbocycles. The largest absolute Gasteiger partial charge is 0.398 e. The minimum Gasteiger partial charge on any atom is -0.369 e. The van der Waals surface area contributed by atoms with Gasteiger partial charge in [0, 0.05) is 0 Å². The maximum atomic E-state index is 10.8. The van der Waals surface area contributed by atoms with Gasteiger partial charge in [-0.2, -0.15) is 0 Å². The van der Waals surface area contributed by atoms with Crippen molar-refractivity contribution < 1.29 is 13.9 Å². The first-order chi connectivity index (χ1) is 5.34. The Morgan fingerprint density at radius 2 is 1.91 bits per heavy atom. The predicted octanol–water partition coefficient (Wildman–Crippen LogP) is 2.05. The van der Waals surface area contributed by atoms with Gasteiger partial charge in [0.2, 0.25) is 0 Å². The third-order valence-corrected chi connectivity index (χ3v) is 1.37. The van der Waals surface area contributed by atoms with Gasteiger partial charge in [-0.3, -0.25) is 0 Å². The van der Waals surface area contributed by atoms with E-state index in [1.165, 1.54) is 0 Å². The van der Waals surface area contributed by atoms with Crippen LogP contribution in [0.15, 0.2) is 30.3 Å². The topological polar surface area (TPSA) is 43.4 Å². The van der Waals surface area contributed by atoms with Crippen molar-refractivity contribution in [2.45, 2.75) is 0 Å². The van der Waals surface area contributed by atoms with E-state index in [9.17, 15) is 9.36 Å². The van der Waals surface area contributed by atoms with E-state index < -0.39 is 14.7 Å².